The topological polar surface area (TPSA) is 26.3 Å². The first-order valence-corrected chi connectivity index (χ1v) is 15.8. The van der Waals surface area contributed by atoms with E-state index in [9.17, 15) is 0 Å². The van der Waals surface area contributed by atoms with Gasteiger partial charge in [0.05, 0.1) is 0 Å². The van der Waals surface area contributed by atoms with Crippen LogP contribution in [0.2, 0.25) is 0 Å². The van der Waals surface area contributed by atoms with E-state index in [0.29, 0.717) is 0 Å². The highest BCUT2D eigenvalue weighted by Crippen LogP contribution is 2.43. The SMILES string of the molecule is CCCCCCCCCCc1ccc2c(c1)oc1c2ccc2c3cc(-c4ccccc4)cc(-c4ccccc4)c3oc21. The van der Waals surface area contributed by atoms with Crippen molar-refractivity contribution in [3.05, 3.63) is 109 Å². The standard InChI is InChI=1S/C40H38O2/c1-2-3-4-5-6-7-8-11-16-28-21-22-32-33-23-24-34-36-27-31(29-17-12-9-13-18-29)26-35(30-19-14-10-15-20-30)38(36)42-40(34)39(33)41-37(32)25-28/h9-10,12-15,17-27H,2-8,11,16H2,1H3. The quantitative estimate of drug-likeness (QED) is 0.150. The zero-order chi connectivity index (χ0) is 28.3. The van der Waals surface area contributed by atoms with Crippen molar-refractivity contribution < 1.29 is 8.83 Å². The highest BCUT2D eigenvalue weighted by molar-refractivity contribution is 6.20. The number of aryl methyl sites for hydroxylation is 1. The van der Waals surface area contributed by atoms with Crippen molar-refractivity contribution in [2.24, 2.45) is 0 Å². The summed E-state index contributed by atoms with van der Waals surface area (Å²) in [5.41, 5.74) is 9.48. The maximum Gasteiger partial charge on any atom is 0.178 e. The van der Waals surface area contributed by atoms with Gasteiger partial charge in [-0.25, -0.2) is 0 Å². The molecule has 2 heteroatoms. The molecule has 0 unspecified atom stereocenters. The van der Waals surface area contributed by atoms with Gasteiger partial charge in [0.25, 0.3) is 0 Å². The molecule has 0 saturated carbocycles. The fourth-order valence-electron chi connectivity index (χ4n) is 6.46. The van der Waals surface area contributed by atoms with Crippen LogP contribution in [0.3, 0.4) is 0 Å². The summed E-state index contributed by atoms with van der Waals surface area (Å²) < 4.78 is 13.3. The van der Waals surface area contributed by atoms with Gasteiger partial charge >= 0.3 is 0 Å². The van der Waals surface area contributed by atoms with Gasteiger partial charge in [-0.2, -0.15) is 0 Å². The van der Waals surface area contributed by atoms with Gasteiger partial charge in [-0.1, -0.05) is 125 Å². The van der Waals surface area contributed by atoms with Gasteiger partial charge in [0, 0.05) is 27.1 Å². The summed E-state index contributed by atoms with van der Waals surface area (Å²) in [6.07, 6.45) is 11.8. The molecule has 0 atom stereocenters. The zero-order valence-electron chi connectivity index (χ0n) is 24.5. The van der Waals surface area contributed by atoms with E-state index in [1.807, 2.05) is 0 Å². The number of hydrogen-bond acceptors (Lipinski definition) is 2. The minimum atomic E-state index is 0.825. The molecule has 42 heavy (non-hydrogen) atoms. The molecule has 2 aromatic heterocycles. The number of furan rings is 2. The maximum atomic E-state index is 6.74. The minimum Gasteiger partial charge on any atom is -0.452 e. The Balaban J connectivity index is 1.26. The molecule has 0 amide bonds. The lowest BCUT2D eigenvalue weighted by atomic mass is 9.95. The Labute approximate surface area is 248 Å². The number of unbranched alkanes of at least 4 members (excludes halogenated alkanes) is 7. The predicted octanol–water partition coefficient (Wildman–Crippen LogP) is 12.5. The van der Waals surface area contributed by atoms with Gasteiger partial charge in [-0.15, -0.1) is 0 Å². The minimum absolute atomic E-state index is 0.825. The van der Waals surface area contributed by atoms with E-state index in [1.54, 1.807) is 0 Å². The van der Waals surface area contributed by atoms with Gasteiger partial charge in [0.2, 0.25) is 0 Å². The molecule has 0 spiro atoms. The van der Waals surface area contributed by atoms with Crippen LogP contribution in [0, 0.1) is 0 Å². The molecule has 5 aromatic carbocycles. The van der Waals surface area contributed by atoms with Crippen LogP contribution in [0.5, 0.6) is 0 Å². The van der Waals surface area contributed by atoms with Crippen LogP contribution in [0.25, 0.3) is 66.1 Å². The summed E-state index contributed by atoms with van der Waals surface area (Å²) >= 11 is 0. The van der Waals surface area contributed by atoms with E-state index in [2.05, 4.69) is 110 Å². The third-order valence-electron chi connectivity index (χ3n) is 8.75. The summed E-state index contributed by atoms with van der Waals surface area (Å²) in [6.45, 7) is 2.28. The van der Waals surface area contributed by atoms with Gasteiger partial charge in [-0.05, 0) is 65.4 Å². The zero-order valence-corrected chi connectivity index (χ0v) is 24.5. The molecule has 0 aliphatic rings. The number of hydrogen-bond donors (Lipinski definition) is 0. The Morgan fingerprint density at radius 2 is 1.07 bits per heavy atom. The lowest BCUT2D eigenvalue weighted by Gasteiger charge is -2.08. The molecule has 2 nitrogen and oxygen atoms in total. The predicted molar refractivity (Wildman–Crippen MR) is 178 cm³/mol. The third kappa shape index (κ3) is 5.11. The van der Waals surface area contributed by atoms with Crippen molar-refractivity contribution in [1.82, 2.24) is 0 Å². The Kier molecular flexibility index (Phi) is 7.53. The lowest BCUT2D eigenvalue weighted by Crippen LogP contribution is -1.86. The van der Waals surface area contributed by atoms with E-state index >= 15 is 0 Å². The molecule has 0 bridgehead atoms. The molecule has 2 heterocycles. The Morgan fingerprint density at radius 3 is 1.81 bits per heavy atom. The van der Waals surface area contributed by atoms with Crippen LogP contribution in [-0.4, -0.2) is 0 Å². The molecular weight excluding hydrogens is 512 g/mol. The van der Waals surface area contributed by atoms with Gasteiger partial charge in [-0.3, -0.25) is 0 Å². The number of benzene rings is 5. The molecule has 210 valence electrons. The van der Waals surface area contributed by atoms with E-state index in [0.717, 1.165) is 61.4 Å². The van der Waals surface area contributed by atoms with Crippen LogP contribution in [0.15, 0.2) is 112 Å². The molecule has 0 aliphatic carbocycles. The molecule has 0 saturated heterocycles. The van der Waals surface area contributed by atoms with Crippen molar-refractivity contribution in [3.8, 4) is 22.3 Å². The normalized spacial score (nSPS) is 11.8. The van der Waals surface area contributed by atoms with Gasteiger partial charge in [0.15, 0.2) is 11.2 Å². The van der Waals surface area contributed by atoms with E-state index in [-0.39, 0.29) is 0 Å². The highest BCUT2D eigenvalue weighted by atomic mass is 16.4. The van der Waals surface area contributed by atoms with Crippen molar-refractivity contribution in [1.29, 1.82) is 0 Å². The molecule has 0 radical (unpaired) electrons. The van der Waals surface area contributed by atoms with E-state index in [4.69, 9.17) is 8.83 Å². The molecule has 0 aliphatic heterocycles. The van der Waals surface area contributed by atoms with Crippen LogP contribution < -0.4 is 0 Å². The number of rotatable bonds is 11. The van der Waals surface area contributed by atoms with E-state index < -0.39 is 0 Å². The van der Waals surface area contributed by atoms with Crippen molar-refractivity contribution in [3.63, 3.8) is 0 Å². The first-order chi connectivity index (χ1) is 20.8. The van der Waals surface area contributed by atoms with E-state index in [1.165, 1.54) is 68.1 Å². The summed E-state index contributed by atoms with van der Waals surface area (Å²) in [6, 6.07) is 36.8. The summed E-state index contributed by atoms with van der Waals surface area (Å²) in [5, 5.41) is 4.47. The first-order valence-electron chi connectivity index (χ1n) is 15.8. The van der Waals surface area contributed by atoms with Crippen LogP contribution in [0.1, 0.15) is 63.9 Å². The molecule has 0 N–H and O–H groups in total. The second-order valence-corrected chi connectivity index (χ2v) is 11.7. The average Bonchev–Trinajstić information content (AvgIpc) is 3.61. The molecular formula is C40H38O2. The average molecular weight is 551 g/mol. The third-order valence-corrected chi connectivity index (χ3v) is 8.75. The summed E-state index contributed by atoms with van der Waals surface area (Å²) in [7, 11) is 0. The van der Waals surface area contributed by atoms with Crippen molar-refractivity contribution in [2.45, 2.75) is 64.7 Å². The Hall–Kier alpha value is -4.30. The summed E-state index contributed by atoms with van der Waals surface area (Å²) in [5.74, 6) is 0. The fraction of sp³-hybridized carbons (Fsp3) is 0.250. The van der Waals surface area contributed by atoms with Crippen molar-refractivity contribution >= 4 is 43.9 Å². The van der Waals surface area contributed by atoms with Crippen molar-refractivity contribution in [2.75, 3.05) is 0 Å². The lowest BCUT2D eigenvalue weighted by molar-refractivity contribution is 0.575. The highest BCUT2D eigenvalue weighted by Gasteiger charge is 2.19. The first kappa shape index (κ1) is 26.6. The second kappa shape index (κ2) is 11.9. The largest absolute Gasteiger partial charge is 0.452 e. The molecule has 7 aromatic rings. The second-order valence-electron chi connectivity index (χ2n) is 11.7. The summed E-state index contributed by atoms with van der Waals surface area (Å²) in [4.78, 5) is 0. The number of fused-ring (bicyclic) bond motifs is 7. The fourth-order valence-corrected chi connectivity index (χ4v) is 6.46. The maximum absolute atomic E-state index is 6.74. The molecule has 7 rings (SSSR count). The van der Waals surface area contributed by atoms with Gasteiger partial charge in [0.1, 0.15) is 11.2 Å². The van der Waals surface area contributed by atoms with Crippen LogP contribution >= 0.6 is 0 Å². The van der Waals surface area contributed by atoms with Crippen LogP contribution in [0.4, 0.5) is 0 Å². The smallest absolute Gasteiger partial charge is 0.178 e. The Bertz CT molecular complexity index is 1960. The molecule has 0 fully saturated rings. The van der Waals surface area contributed by atoms with Gasteiger partial charge < -0.3 is 8.83 Å². The monoisotopic (exact) mass is 550 g/mol. The Morgan fingerprint density at radius 1 is 0.452 bits per heavy atom. The van der Waals surface area contributed by atoms with Crippen LogP contribution in [-0.2, 0) is 6.42 Å².